The largest absolute Gasteiger partial charge is 0.390 e. The van der Waals surface area contributed by atoms with E-state index >= 15 is 0 Å². The summed E-state index contributed by atoms with van der Waals surface area (Å²) in [6, 6.07) is 1.90. The molecule has 1 aromatic carbocycles. The number of pyridine rings is 1. The van der Waals surface area contributed by atoms with Gasteiger partial charge in [0.1, 0.15) is 17.5 Å². The van der Waals surface area contributed by atoms with Crippen LogP contribution >= 0.6 is 0 Å². The molecule has 4 rings (SSSR count). The van der Waals surface area contributed by atoms with Gasteiger partial charge in [0, 0.05) is 41.7 Å². The summed E-state index contributed by atoms with van der Waals surface area (Å²) >= 11 is 0. The Bertz CT molecular complexity index is 1640. The third-order valence-electron chi connectivity index (χ3n) is 7.29. The summed E-state index contributed by atoms with van der Waals surface area (Å²) in [6.45, 7) is 3.41. The number of sulfonamides is 1. The van der Waals surface area contributed by atoms with Crippen LogP contribution < -0.4 is 15.6 Å². The molecule has 2 heterocycles. The van der Waals surface area contributed by atoms with Crippen LogP contribution in [-0.2, 0) is 10.0 Å². The SMILES string of the molecule is CC(C)n1c(=O)c(-c2cc(F)c(NS(=O)(=O)CCC(F)(F)F)c(F)c2)cc2cnc(N[C@@H]3CC[C@@H](N(C)C)[C@H](F)C3)nc21. The smallest absolute Gasteiger partial charge is 0.351 e. The second-order valence-electron chi connectivity index (χ2n) is 11.1. The average molecular weight is 635 g/mol. The quantitative estimate of drug-likeness (QED) is 0.310. The van der Waals surface area contributed by atoms with Crippen LogP contribution in [0, 0.1) is 11.6 Å². The zero-order valence-electron chi connectivity index (χ0n) is 23.8. The fraction of sp³-hybridized carbons (Fsp3) is 0.519. The number of rotatable bonds is 9. The Hall–Kier alpha value is -3.40. The van der Waals surface area contributed by atoms with Crippen molar-refractivity contribution in [1.82, 2.24) is 19.4 Å². The van der Waals surface area contributed by atoms with Crippen molar-refractivity contribution in [2.24, 2.45) is 0 Å². The van der Waals surface area contributed by atoms with Gasteiger partial charge in [-0.1, -0.05) is 0 Å². The number of benzene rings is 1. The number of hydrogen-bond donors (Lipinski definition) is 2. The average Bonchev–Trinajstić information content (AvgIpc) is 2.88. The maximum atomic E-state index is 14.9. The normalized spacial score (nSPS) is 19.8. The predicted molar refractivity (Wildman–Crippen MR) is 151 cm³/mol. The van der Waals surface area contributed by atoms with Crippen molar-refractivity contribution in [2.45, 2.75) is 70.0 Å². The van der Waals surface area contributed by atoms with E-state index in [4.69, 9.17) is 0 Å². The van der Waals surface area contributed by atoms with Crippen LogP contribution in [-0.4, -0.2) is 72.1 Å². The summed E-state index contributed by atoms with van der Waals surface area (Å²) in [5.74, 6) is -4.09. The highest BCUT2D eigenvalue weighted by Crippen LogP contribution is 2.31. The molecule has 0 spiro atoms. The number of halogens is 6. The van der Waals surface area contributed by atoms with E-state index in [1.165, 1.54) is 21.6 Å². The van der Waals surface area contributed by atoms with Crippen LogP contribution in [0.2, 0.25) is 0 Å². The van der Waals surface area contributed by atoms with E-state index in [0.29, 0.717) is 30.4 Å². The molecule has 2 aromatic heterocycles. The summed E-state index contributed by atoms with van der Waals surface area (Å²) in [7, 11) is -1.07. The summed E-state index contributed by atoms with van der Waals surface area (Å²) < 4.78 is 109. The molecule has 3 aromatic rings. The first-order valence-corrected chi connectivity index (χ1v) is 15.2. The maximum Gasteiger partial charge on any atom is 0.390 e. The molecule has 43 heavy (non-hydrogen) atoms. The topological polar surface area (TPSA) is 109 Å². The van der Waals surface area contributed by atoms with E-state index in [-0.39, 0.29) is 41.2 Å². The standard InChI is InChI=1S/C27H32F6N6O3S/c1-14(2)39-24-16(13-34-26(36-24)35-17-5-6-22(38(3)4)19(28)12-17)9-18(25(39)40)15-10-20(29)23(21(30)11-15)37-43(41,42)8-7-27(31,32)33/h9-11,13-14,17,19,22,37H,5-8,12H2,1-4H3,(H,34,35,36)/t17-,19-,22-/m1/s1. The van der Waals surface area contributed by atoms with E-state index in [9.17, 15) is 39.6 Å². The minimum atomic E-state index is -4.79. The van der Waals surface area contributed by atoms with Gasteiger partial charge in [0.2, 0.25) is 16.0 Å². The molecule has 16 heteroatoms. The van der Waals surface area contributed by atoms with Gasteiger partial charge < -0.3 is 10.2 Å². The fourth-order valence-corrected chi connectivity index (χ4v) is 6.26. The Balaban J connectivity index is 1.66. The predicted octanol–water partition coefficient (Wildman–Crippen LogP) is 5.24. The van der Waals surface area contributed by atoms with Crippen molar-refractivity contribution >= 4 is 32.7 Å². The molecule has 9 nitrogen and oxygen atoms in total. The second-order valence-corrected chi connectivity index (χ2v) is 12.9. The minimum Gasteiger partial charge on any atom is -0.351 e. The molecule has 0 unspecified atom stereocenters. The highest BCUT2D eigenvalue weighted by molar-refractivity contribution is 7.92. The number of aromatic nitrogens is 3. The number of hydrogen-bond acceptors (Lipinski definition) is 7. The van der Waals surface area contributed by atoms with Crippen molar-refractivity contribution in [3.63, 3.8) is 0 Å². The Morgan fingerprint density at radius 2 is 1.77 bits per heavy atom. The lowest BCUT2D eigenvalue weighted by molar-refractivity contribution is -0.129. The van der Waals surface area contributed by atoms with Crippen molar-refractivity contribution in [3.8, 4) is 11.1 Å². The van der Waals surface area contributed by atoms with Crippen LogP contribution in [0.1, 0.15) is 45.6 Å². The lowest BCUT2D eigenvalue weighted by Crippen LogP contribution is -2.44. The molecule has 1 saturated carbocycles. The van der Waals surface area contributed by atoms with Crippen LogP contribution in [0.25, 0.3) is 22.2 Å². The first kappa shape index (κ1) is 32.5. The van der Waals surface area contributed by atoms with E-state index in [1.54, 1.807) is 13.8 Å². The first-order chi connectivity index (χ1) is 20.0. The molecule has 3 atom stereocenters. The van der Waals surface area contributed by atoms with Crippen LogP contribution in [0.5, 0.6) is 0 Å². The van der Waals surface area contributed by atoms with Crippen molar-refractivity contribution in [2.75, 3.05) is 29.9 Å². The summed E-state index contributed by atoms with van der Waals surface area (Å²) in [4.78, 5) is 24.2. The first-order valence-electron chi connectivity index (χ1n) is 13.5. The molecule has 1 aliphatic carbocycles. The summed E-state index contributed by atoms with van der Waals surface area (Å²) in [6.07, 6.45) is -4.53. The van der Waals surface area contributed by atoms with Crippen molar-refractivity contribution in [1.29, 1.82) is 0 Å². The number of alkyl halides is 4. The van der Waals surface area contributed by atoms with Gasteiger partial charge in [-0.15, -0.1) is 0 Å². The van der Waals surface area contributed by atoms with Gasteiger partial charge in [0.25, 0.3) is 5.56 Å². The van der Waals surface area contributed by atoms with Crippen LogP contribution in [0.4, 0.5) is 38.0 Å². The van der Waals surface area contributed by atoms with E-state index in [0.717, 1.165) is 0 Å². The molecule has 1 aliphatic rings. The summed E-state index contributed by atoms with van der Waals surface area (Å²) in [5.41, 5.74) is -1.96. The van der Waals surface area contributed by atoms with E-state index < -0.39 is 63.5 Å². The number of nitrogens with one attached hydrogen (secondary N) is 2. The van der Waals surface area contributed by atoms with Crippen LogP contribution in [0.15, 0.2) is 29.2 Å². The van der Waals surface area contributed by atoms with Gasteiger partial charge in [0.05, 0.1) is 12.2 Å². The third kappa shape index (κ3) is 7.58. The molecule has 0 amide bonds. The highest BCUT2D eigenvalue weighted by Gasteiger charge is 2.33. The molecule has 0 radical (unpaired) electrons. The minimum absolute atomic E-state index is 0.142. The molecule has 2 N–H and O–H groups in total. The van der Waals surface area contributed by atoms with Gasteiger partial charge in [-0.2, -0.15) is 18.2 Å². The van der Waals surface area contributed by atoms with Gasteiger partial charge in [-0.05, 0) is 64.5 Å². The fourth-order valence-electron chi connectivity index (χ4n) is 5.15. The van der Waals surface area contributed by atoms with Gasteiger partial charge in [-0.3, -0.25) is 14.1 Å². The van der Waals surface area contributed by atoms with Crippen molar-refractivity contribution < 1.29 is 34.8 Å². The maximum absolute atomic E-state index is 14.9. The van der Waals surface area contributed by atoms with Gasteiger partial charge in [-0.25, -0.2) is 26.6 Å². The molecular weight excluding hydrogens is 602 g/mol. The zero-order chi connectivity index (χ0) is 31.9. The van der Waals surface area contributed by atoms with Gasteiger partial charge in [0.15, 0.2) is 11.6 Å². The zero-order valence-corrected chi connectivity index (χ0v) is 24.7. The van der Waals surface area contributed by atoms with E-state index in [1.807, 2.05) is 19.0 Å². The highest BCUT2D eigenvalue weighted by atomic mass is 32.2. The number of nitrogens with zero attached hydrogens (tertiary/aromatic N) is 4. The molecular formula is C27H32F6N6O3S. The molecule has 236 valence electrons. The Morgan fingerprint density at radius 3 is 2.33 bits per heavy atom. The lowest BCUT2D eigenvalue weighted by atomic mass is 9.89. The molecule has 0 saturated heterocycles. The summed E-state index contributed by atoms with van der Waals surface area (Å²) in [5, 5.41) is 3.49. The number of anilines is 2. The number of fused-ring (bicyclic) bond motifs is 1. The Kier molecular flexibility index (Phi) is 9.30. The van der Waals surface area contributed by atoms with Crippen LogP contribution in [0.3, 0.4) is 0 Å². The van der Waals surface area contributed by atoms with E-state index in [2.05, 4.69) is 15.3 Å². The monoisotopic (exact) mass is 634 g/mol. The molecule has 1 fully saturated rings. The molecule has 0 bridgehead atoms. The Labute approximate surface area is 244 Å². The lowest BCUT2D eigenvalue weighted by Gasteiger charge is -2.35. The van der Waals surface area contributed by atoms with Gasteiger partial charge >= 0.3 is 6.18 Å². The second kappa shape index (κ2) is 12.3. The third-order valence-corrected chi connectivity index (χ3v) is 8.55. The van der Waals surface area contributed by atoms with Crippen molar-refractivity contribution in [3.05, 3.63) is 46.4 Å². The Morgan fingerprint density at radius 1 is 1.12 bits per heavy atom. The molecule has 0 aliphatic heterocycles.